The van der Waals surface area contributed by atoms with Gasteiger partial charge < -0.3 is 9.47 Å². The van der Waals surface area contributed by atoms with E-state index >= 15 is 0 Å². The summed E-state index contributed by atoms with van der Waals surface area (Å²) in [5.74, 6) is 1.14. The van der Waals surface area contributed by atoms with Crippen LogP contribution < -0.4 is 15.0 Å². The van der Waals surface area contributed by atoms with E-state index in [0.717, 1.165) is 21.5 Å². The van der Waals surface area contributed by atoms with Gasteiger partial charge in [-0.3, -0.25) is 9.36 Å². The summed E-state index contributed by atoms with van der Waals surface area (Å²) < 4.78 is 12.3. The van der Waals surface area contributed by atoms with Crippen LogP contribution in [-0.2, 0) is 6.54 Å². The maximum atomic E-state index is 13.1. The third-order valence-corrected chi connectivity index (χ3v) is 5.65. The minimum absolute atomic E-state index is 0.0751. The standard InChI is InChI=1S/C20H13ClN2O3S/c21-15-6-12(7-16-18(15)26-11-25-16)8-23-10-22-19-17(20(23)24)14(9-27-19)13-4-2-1-3-5-13/h1-7,9-10H,8,11H2. The summed E-state index contributed by atoms with van der Waals surface area (Å²) in [6.45, 7) is 0.503. The SMILES string of the molecule is O=c1c2c(-c3ccccc3)csc2ncn1Cc1cc(Cl)c2c(c1)OCO2. The van der Waals surface area contributed by atoms with Crippen molar-refractivity contribution in [2.24, 2.45) is 0 Å². The number of hydrogen-bond donors (Lipinski definition) is 0. The van der Waals surface area contributed by atoms with E-state index in [2.05, 4.69) is 4.98 Å². The average Bonchev–Trinajstić information content (AvgIpc) is 3.32. The molecule has 27 heavy (non-hydrogen) atoms. The van der Waals surface area contributed by atoms with Crippen molar-refractivity contribution in [3.8, 4) is 22.6 Å². The van der Waals surface area contributed by atoms with Crippen LogP contribution in [0.5, 0.6) is 11.5 Å². The fourth-order valence-corrected chi connectivity index (χ4v) is 4.41. The summed E-state index contributed by atoms with van der Waals surface area (Å²) in [4.78, 5) is 18.4. The quantitative estimate of drug-likeness (QED) is 0.509. The molecule has 1 aliphatic heterocycles. The number of hydrogen-bond acceptors (Lipinski definition) is 5. The minimum Gasteiger partial charge on any atom is -0.454 e. The Morgan fingerprint density at radius 2 is 2.04 bits per heavy atom. The van der Waals surface area contributed by atoms with Gasteiger partial charge in [0.2, 0.25) is 6.79 Å². The molecule has 3 heterocycles. The fraction of sp³-hybridized carbons (Fsp3) is 0.100. The van der Waals surface area contributed by atoms with Gasteiger partial charge in [0.15, 0.2) is 11.5 Å². The smallest absolute Gasteiger partial charge is 0.263 e. The third-order valence-electron chi connectivity index (χ3n) is 4.49. The molecule has 0 aliphatic carbocycles. The van der Waals surface area contributed by atoms with Crippen molar-refractivity contribution in [1.29, 1.82) is 0 Å². The van der Waals surface area contributed by atoms with Crippen molar-refractivity contribution >= 4 is 33.2 Å². The van der Waals surface area contributed by atoms with Crippen molar-refractivity contribution in [1.82, 2.24) is 9.55 Å². The molecule has 2 aromatic carbocycles. The Morgan fingerprint density at radius 3 is 2.89 bits per heavy atom. The summed E-state index contributed by atoms with van der Waals surface area (Å²) in [7, 11) is 0. The zero-order valence-corrected chi connectivity index (χ0v) is 15.6. The van der Waals surface area contributed by atoms with Crippen LogP contribution in [0.3, 0.4) is 0 Å². The Balaban J connectivity index is 1.60. The molecule has 0 radical (unpaired) electrons. The van der Waals surface area contributed by atoms with E-state index < -0.39 is 0 Å². The highest BCUT2D eigenvalue weighted by Gasteiger charge is 2.19. The molecule has 7 heteroatoms. The predicted octanol–water partition coefficient (Wildman–Crippen LogP) is 4.56. The van der Waals surface area contributed by atoms with E-state index in [-0.39, 0.29) is 12.4 Å². The van der Waals surface area contributed by atoms with Gasteiger partial charge in [0, 0.05) is 10.9 Å². The highest BCUT2D eigenvalue weighted by atomic mass is 35.5. The molecule has 2 aromatic heterocycles. The molecule has 0 saturated carbocycles. The number of benzene rings is 2. The molecule has 0 unspecified atom stereocenters. The van der Waals surface area contributed by atoms with Crippen LogP contribution in [0.1, 0.15) is 5.56 Å². The van der Waals surface area contributed by atoms with E-state index in [0.29, 0.717) is 28.5 Å². The normalized spacial score (nSPS) is 12.6. The first-order chi connectivity index (χ1) is 13.2. The molecular formula is C20H13ClN2O3S. The van der Waals surface area contributed by atoms with E-state index in [1.165, 1.54) is 11.3 Å². The lowest BCUT2D eigenvalue weighted by atomic mass is 10.1. The lowest BCUT2D eigenvalue weighted by Crippen LogP contribution is -2.21. The van der Waals surface area contributed by atoms with Crippen LogP contribution in [0, 0.1) is 0 Å². The summed E-state index contributed by atoms with van der Waals surface area (Å²) in [6.07, 6.45) is 1.58. The molecule has 0 N–H and O–H groups in total. The van der Waals surface area contributed by atoms with Crippen LogP contribution in [0.15, 0.2) is 59.0 Å². The van der Waals surface area contributed by atoms with Crippen LogP contribution in [-0.4, -0.2) is 16.3 Å². The Bertz CT molecular complexity index is 1220. The highest BCUT2D eigenvalue weighted by Crippen LogP contribution is 2.40. The molecule has 0 amide bonds. The van der Waals surface area contributed by atoms with E-state index in [4.69, 9.17) is 21.1 Å². The maximum absolute atomic E-state index is 13.1. The predicted molar refractivity (Wildman–Crippen MR) is 106 cm³/mol. The second-order valence-corrected chi connectivity index (χ2v) is 7.45. The molecule has 5 nitrogen and oxygen atoms in total. The van der Waals surface area contributed by atoms with Crippen LogP contribution in [0.2, 0.25) is 5.02 Å². The van der Waals surface area contributed by atoms with Crippen LogP contribution in [0.4, 0.5) is 0 Å². The zero-order valence-electron chi connectivity index (χ0n) is 14.0. The number of aromatic nitrogens is 2. The Kier molecular flexibility index (Phi) is 3.88. The van der Waals surface area contributed by atoms with Crippen molar-refractivity contribution in [3.05, 3.63) is 75.1 Å². The molecule has 5 rings (SSSR count). The second kappa shape index (κ2) is 6.40. The topological polar surface area (TPSA) is 53.4 Å². The van der Waals surface area contributed by atoms with Crippen LogP contribution >= 0.6 is 22.9 Å². The number of halogens is 1. The first-order valence-corrected chi connectivity index (χ1v) is 9.56. The molecule has 0 saturated heterocycles. The van der Waals surface area contributed by atoms with Gasteiger partial charge >= 0.3 is 0 Å². The number of thiophene rings is 1. The first kappa shape index (κ1) is 16.4. The fourth-order valence-electron chi connectivity index (χ4n) is 3.22. The van der Waals surface area contributed by atoms with Gasteiger partial charge in [-0.25, -0.2) is 4.98 Å². The molecule has 4 aromatic rings. The molecule has 0 spiro atoms. The average molecular weight is 397 g/mol. The summed E-state index contributed by atoms with van der Waals surface area (Å²) >= 11 is 7.73. The van der Waals surface area contributed by atoms with Crippen molar-refractivity contribution < 1.29 is 9.47 Å². The number of nitrogens with zero attached hydrogens (tertiary/aromatic N) is 2. The molecule has 0 fully saturated rings. The van der Waals surface area contributed by atoms with E-state index in [1.807, 2.05) is 41.8 Å². The Labute approximate surface area is 163 Å². The first-order valence-electron chi connectivity index (χ1n) is 8.31. The summed E-state index contributed by atoms with van der Waals surface area (Å²) in [5.41, 5.74) is 2.69. The van der Waals surface area contributed by atoms with Crippen molar-refractivity contribution in [2.75, 3.05) is 6.79 Å². The summed E-state index contributed by atoms with van der Waals surface area (Å²) in [5, 5.41) is 3.10. The summed E-state index contributed by atoms with van der Waals surface area (Å²) in [6, 6.07) is 13.5. The minimum atomic E-state index is -0.0751. The van der Waals surface area contributed by atoms with Gasteiger partial charge in [-0.2, -0.15) is 0 Å². The zero-order chi connectivity index (χ0) is 18.4. The van der Waals surface area contributed by atoms with Gasteiger partial charge in [-0.1, -0.05) is 41.9 Å². The number of rotatable bonds is 3. The monoisotopic (exact) mass is 396 g/mol. The van der Waals surface area contributed by atoms with Gasteiger partial charge in [0.1, 0.15) is 4.83 Å². The molecule has 0 atom stereocenters. The van der Waals surface area contributed by atoms with Crippen molar-refractivity contribution in [2.45, 2.75) is 6.54 Å². The molecule has 1 aliphatic rings. The second-order valence-electron chi connectivity index (χ2n) is 6.18. The third kappa shape index (κ3) is 2.78. The molecule has 134 valence electrons. The highest BCUT2D eigenvalue weighted by molar-refractivity contribution is 7.17. The van der Waals surface area contributed by atoms with E-state index in [1.54, 1.807) is 17.0 Å². The van der Waals surface area contributed by atoms with Gasteiger partial charge in [0.05, 0.1) is 23.3 Å². The Hall–Kier alpha value is -2.83. The maximum Gasteiger partial charge on any atom is 0.263 e. The molecular weight excluding hydrogens is 384 g/mol. The number of ether oxygens (including phenoxy) is 2. The lowest BCUT2D eigenvalue weighted by Gasteiger charge is -2.08. The molecule has 0 bridgehead atoms. The largest absolute Gasteiger partial charge is 0.454 e. The lowest BCUT2D eigenvalue weighted by molar-refractivity contribution is 0.174. The van der Waals surface area contributed by atoms with E-state index in [9.17, 15) is 4.79 Å². The van der Waals surface area contributed by atoms with Gasteiger partial charge in [-0.15, -0.1) is 11.3 Å². The Morgan fingerprint density at radius 1 is 1.19 bits per heavy atom. The number of fused-ring (bicyclic) bond motifs is 2. The van der Waals surface area contributed by atoms with Crippen LogP contribution in [0.25, 0.3) is 21.3 Å². The van der Waals surface area contributed by atoms with Gasteiger partial charge in [0.25, 0.3) is 5.56 Å². The van der Waals surface area contributed by atoms with Crippen molar-refractivity contribution in [3.63, 3.8) is 0 Å². The van der Waals surface area contributed by atoms with Gasteiger partial charge in [-0.05, 0) is 23.3 Å².